The number of benzene rings is 2. The summed E-state index contributed by atoms with van der Waals surface area (Å²) in [5.74, 6) is 0. The van der Waals surface area contributed by atoms with Gasteiger partial charge < -0.3 is 11.1 Å². The van der Waals surface area contributed by atoms with Crippen molar-refractivity contribution in [2.24, 2.45) is 0 Å². The van der Waals surface area contributed by atoms with Crippen molar-refractivity contribution in [1.29, 1.82) is 0 Å². The molecular weight excluding hydrogens is 316 g/mol. The molecule has 2 nitrogen and oxygen atoms in total. The van der Waals surface area contributed by atoms with Crippen LogP contribution in [0.5, 0.6) is 0 Å². The summed E-state index contributed by atoms with van der Waals surface area (Å²) in [6.07, 6.45) is 8.94. The van der Waals surface area contributed by atoms with E-state index in [0.29, 0.717) is 6.04 Å². The molecule has 1 atom stereocenters. The summed E-state index contributed by atoms with van der Waals surface area (Å²) in [4.78, 5) is 0. The van der Waals surface area contributed by atoms with Gasteiger partial charge in [0, 0.05) is 11.7 Å². The summed E-state index contributed by atoms with van der Waals surface area (Å²) in [6.45, 7) is 3.31. The molecule has 2 heteroatoms. The zero-order chi connectivity index (χ0) is 18.2. The summed E-state index contributed by atoms with van der Waals surface area (Å²) in [5, 5.41) is 3.69. The fraction of sp³-hybridized carbons (Fsp3) is 0.417. The zero-order valence-electron chi connectivity index (χ0n) is 16.0. The summed E-state index contributed by atoms with van der Waals surface area (Å²) in [6, 6.07) is 19.4. The highest BCUT2D eigenvalue weighted by atomic mass is 14.9. The van der Waals surface area contributed by atoms with E-state index in [4.69, 9.17) is 5.73 Å². The van der Waals surface area contributed by atoms with Crippen molar-refractivity contribution in [3.05, 3.63) is 76.9 Å². The Bertz CT molecular complexity index is 697. The molecule has 0 unspecified atom stereocenters. The molecule has 0 bridgehead atoms. The minimum atomic E-state index is 0.567. The highest BCUT2D eigenvalue weighted by Gasteiger charge is 2.24. The largest absolute Gasteiger partial charge is 0.399 e. The Morgan fingerprint density at radius 2 is 1.62 bits per heavy atom. The van der Waals surface area contributed by atoms with Crippen molar-refractivity contribution in [1.82, 2.24) is 5.32 Å². The monoisotopic (exact) mass is 348 g/mol. The predicted octanol–water partition coefficient (Wildman–Crippen LogP) is 5.29. The number of nitrogens with one attached hydrogen (secondary N) is 1. The molecule has 0 saturated carbocycles. The number of rotatable bonds is 3. The van der Waals surface area contributed by atoms with Gasteiger partial charge in [-0.2, -0.15) is 0 Å². The SMILES string of the molecule is CCc1ccccc1.Nc1ccc(C[C@H]2NCCC3=C2CCCC3)cc1. The van der Waals surface area contributed by atoms with E-state index < -0.39 is 0 Å². The first-order chi connectivity index (χ1) is 12.8. The van der Waals surface area contributed by atoms with Gasteiger partial charge in [0.05, 0.1) is 0 Å². The van der Waals surface area contributed by atoms with Gasteiger partial charge >= 0.3 is 0 Å². The summed E-state index contributed by atoms with van der Waals surface area (Å²) in [7, 11) is 0. The average Bonchev–Trinajstić information content (AvgIpc) is 2.71. The molecule has 4 rings (SSSR count). The van der Waals surface area contributed by atoms with Gasteiger partial charge in [0.2, 0.25) is 0 Å². The Kier molecular flexibility index (Phi) is 6.90. The first-order valence-corrected chi connectivity index (χ1v) is 10.1. The first-order valence-electron chi connectivity index (χ1n) is 10.1. The molecule has 0 saturated heterocycles. The molecule has 26 heavy (non-hydrogen) atoms. The lowest BCUT2D eigenvalue weighted by molar-refractivity contribution is 0.474. The van der Waals surface area contributed by atoms with Crippen LogP contribution >= 0.6 is 0 Å². The van der Waals surface area contributed by atoms with Crippen LogP contribution in [0.4, 0.5) is 5.69 Å². The lowest BCUT2D eigenvalue weighted by atomic mass is 9.81. The standard InChI is InChI=1S/C16H22N2.C8H10/c17-14-7-5-12(6-8-14)11-16-15-4-2-1-3-13(15)9-10-18-16;1-2-8-6-4-3-5-7-8/h5-8,16,18H,1-4,9-11,17H2;3-7H,2H2,1H3/t16-;/m1./s1. The van der Waals surface area contributed by atoms with Gasteiger partial charge in [-0.1, -0.05) is 60.5 Å². The maximum Gasteiger partial charge on any atom is 0.0322 e. The van der Waals surface area contributed by atoms with Crippen LogP contribution < -0.4 is 11.1 Å². The number of hydrogen-bond acceptors (Lipinski definition) is 2. The summed E-state index contributed by atoms with van der Waals surface area (Å²) < 4.78 is 0. The van der Waals surface area contributed by atoms with Crippen molar-refractivity contribution >= 4 is 5.69 Å². The maximum atomic E-state index is 5.74. The highest BCUT2D eigenvalue weighted by molar-refractivity contribution is 5.40. The minimum absolute atomic E-state index is 0.567. The van der Waals surface area contributed by atoms with Crippen LogP contribution in [0.25, 0.3) is 0 Å². The van der Waals surface area contributed by atoms with Crippen molar-refractivity contribution in [2.75, 3.05) is 12.3 Å². The van der Waals surface area contributed by atoms with Crippen LogP contribution in [0.15, 0.2) is 65.7 Å². The van der Waals surface area contributed by atoms with Gasteiger partial charge in [0.15, 0.2) is 0 Å². The van der Waals surface area contributed by atoms with Gasteiger partial charge in [-0.05, 0) is 74.8 Å². The van der Waals surface area contributed by atoms with Crippen LogP contribution in [0.2, 0.25) is 0 Å². The molecule has 0 aromatic heterocycles. The number of nitrogen functional groups attached to an aromatic ring is 1. The number of aryl methyl sites for hydroxylation is 1. The third-order valence-corrected chi connectivity index (χ3v) is 5.54. The molecule has 138 valence electrons. The molecule has 1 heterocycles. The number of anilines is 1. The average molecular weight is 349 g/mol. The molecule has 0 fully saturated rings. The molecule has 2 aromatic carbocycles. The van der Waals surface area contributed by atoms with E-state index in [-0.39, 0.29) is 0 Å². The zero-order valence-corrected chi connectivity index (χ0v) is 16.0. The molecule has 3 N–H and O–H groups in total. The summed E-state index contributed by atoms with van der Waals surface area (Å²) in [5.41, 5.74) is 12.9. The smallest absolute Gasteiger partial charge is 0.0322 e. The van der Waals surface area contributed by atoms with Gasteiger partial charge in [-0.25, -0.2) is 0 Å². The normalized spacial score (nSPS) is 19.3. The second kappa shape index (κ2) is 9.59. The Hall–Kier alpha value is -2.06. The number of nitrogens with two attached hydrogens (primary N) is 1. The predicted molar refractivity (Wildman–Crippen MR) is 112 cm³/mol. The van der Waals surface area contributed by atoms with E-state index in [2.05, 4.69) is 48.6 Å². The van der Waals surface area contributed by atoms with Gasteiger partial charge in [0.1, 0.15) is 0 Å². The number of hydrogen-bond donors (Lipinski definition) is 2. The topological polar surface area (TPSA) is 38.0 Å². The fourth-order valence-electron chi connectivity index (χ4n) is 4.02. The third kappa shape index (κ3) is 5.22. The van der Waals surface area contributed by atoms with Gasteiger partial charge in [-0.15, -0.1) is 0 Å². The molecule has 0 amide bonds. The molecule has 1 aliphatic heterocycles. The van der Waals surface area contributed by atoms with Crippen molar-refractivity contribution in [3.8, 4) is 0 Å². The lowest BCUT2D eigenvalue weighted by Crippen LogP contribution is -2.39. The van der Waals surface area contributed by atoms with Crippen molar-refractivity contribution in [3.63, 3.8) is 0 Å². The van der Waals surface area contributed by atoms with E-state index in [1.54, 1.807) is 11.1 Å². The van der Waals surface area contributed by atoms with E-state index in [0.717, 1.165) is 25.1 Å². The summed E-state index contributed by atoms with van der Waals surface area (Å²) >= 11 is 0. The Balaban J connectivity index is 0.000000206. The molecule has 2 aromatic rings. The Labute approximate surface area is 158 Å². The van der Waals surface area contributed by atoms with Gasteiger partial charge in [0.25, 0.3) is 0 Å². The minimum Gasteiger partial charge on any atom is -0.399 e. The molecular formula is C24H32N2. The highest BCUT2D eigenvalue weighted by Crippen LogP contribution is 2.32. The lowest BCUT2D eigenvalue weighted by Gasteiger charge is -2.33. The van der Waals surface area contributed by atoms with E-state index in [1.165, 1.54) is 43.2 Å². The van der Waals surface area contributed by atoms with E-state index >= 15 is 0 Å². The third-order valence-electron chi connectivity index (χ3n) is 5.54. The molecule has 0 radical (unpaired) electrons. The second-order valence-corrected chi connectivity index (χ2v) is 7.38. The molecule has 1 aliphatic carbocycles. The molecule has 0 spiro atoms. The Morgan fingerprint density at radius 1 is 0.885 bits per heavy atom. The van der Waals surface area contributed by atoms with Crippen LogP contribution in [-0.4, -0.2) is 12.6 Å². The second-order valence-electron chi connectivity index (χ2n) is 7.38. The van der Waals surface area contributed by atoms with Crippen LogP contribution in [-0.2, 0) is 12.8 Å². The van der Waals surface area contributed by atoms with E-state index in [9.17, 15) is 0 Å². The maximum absolute atomic E-state index is 5.74. The van der Waals surface area contributed by atoms with Crippen LogP contribution in [0, 0.1) is 0 Å². The van der Waals surface area contributed by atoms with Crippen LogP contribution in [0.1, 0.15) is 50.2 Å². The van der Waals surface area contributed by atoms with Crippen LogP contribution in [0.3, 0.4) is 0 Å². The quantitative estimate of drug-likeness (QED) is 0.584. The fourth-order valence-corrected chi connectivity index (χ4v) is 4.02. The van der Waals surface area contributed by atoms with E-state index in [1.807, 2.05) is 18.2 Å². The van der Waals surface area contributed by atoms with Crippen molar-refractivity contribution < 1.29 is 0 Å². The van der Waals surface area contributed by atoms with Gasteiger partial charge in [-0.3, -0.25) is 0 Å². The van der Waals surface area contributed by atoms with Crippen molar-refractivity contribution in [2.45, 2.75) is 57.9 Å². The molecule has 2 aliphatic rings. The Morgan fingerprint density at radius 3 is 2.31 bits per heavy atom. The first kappa shape index (κ1) is 18.7.